The van der Waals surface area contributed by atoms with Gasteiger partial charge in [-0.15, -0.1) is 0 Å². The molecule has 1 atom stereocenters. The molecular weight excluding hydrogens is 240 g/mol. The van der Waals surface area contributed by atoms with Crippen LogP contribution in [0.15, 0.2) is 30.3 Å². The lowest BCUT2D eigenvalue weighted by atomic mass is 10.1. The molecule has 1 amide bonds. The first kappa shape index (κ1) is 14.0. The quantitative estimate of drug-likeness (QED) is 0.816. The molecule has 4 heteroatoms. The topological polar surface area (TPSA) is 50.4 Å². The highest BCUT2D eigenvalue weighted by Crippen LogP contribution is 2.06. The Labute approximate surface area is 114 Å². The number of ether oxygens (including phenoxy) is 1. The first-order valence-electron chi connectivity index (χ1n) is 6.96. The lowest BCUT2D eigenvalue weighted by molar-refractivity contribution is -0.126. The average molecular weight is 262 g/mol. The van der Waals surface area contributed by atoms with Crippen molar-refractivity contribution in [2.45, 2.75) is 31.8 Å². The van der Waals surface area contributed by atoms with Gasteiger partial charge in [-0.1, -0.05) is 36.8 Å². The summed E-state index contributed by atoms with van der Waals surface area (Å²) < 4.78 is 5.45. The molecule has 4 nitrogen and oxygen atoms in total. The number of rotatable bonds is 6. The number of hydrogen-bond acceptors (Lipinski definition) is 3. The zero-order valence-corrected chi connectivity index (χ0v) is 11.2. The number of nitrogens with one attached hydrogen (secondary N) is 2. The molecule has 0 aromatic heterocycles. The maximum Gasteiger partial charge on any atom is 0.246 e. The second-order valence-corrected chi connectivity index (χ2v) is 4.92. The standard InChI is InChI=1S/C15H22N2O2/c18-15(17-10-13-6-2-1-3-7-13)12-19-11-14-8-4-5-9-16-14/h1-3,6-7,14,16H,4-5,8-12H2,(H,17,18). The van der Waals surface area contributed by atoms with Gasteiger partial charge >= 0.3 is 0 Å². The molecule has 104 valence electrons. The van der Waals surface area contributed by atoms with Crippen LogP contribution >= 0.6 is 0 Å². The van der Waals surface area contributed by atoms with Crippen molar-refractivity contribution in [3.8, 4) is 0 Å². The van der Waals surface area contributed by atoms with Gasteiger partial charge in [0.1, 0.15) is 6.61 Å². The van der Waals surface area contributed by atoms with Crippen LogP contribution in [0.3, 0.4) is 0 Å². The summed E-state index contributed by atoms with van der Waals surface area (Å²) in [6, 6.07) is 10.3. The van der Waals surface area contributed by atoms with Gasteiger partial charge in [0.25, 0.3) is 0 Å². The van der Waals surface area contributed by atoms with Crippen molar-refractivity contribution in [2.24, 2.45) is 0 Å². The van der Waals surface area contributed by atoms with Crippen molar-refractivity contribution < 1.29 is 9.53 Å². The Morgan fingerprint density at radius 1 is 1.32 bits per heavy atom. The first-order chi connectivity index (χ1) is 9.34. The van der Waals surface area contributed by atoms with E-state index >= 15 is 0 Å². The Kier molecular flexibility index (Phi) is 5.85. The normalized spacial score (nSPS) is 19.1. The van der Waals surface area contributed by atoms with Crippen molar-refractivity contribution in [3.05, 3.63) is 35.9 Å². The van der Waals surface area contributed by atoms with E-state index in [1.165, 1.54) is 12.8 Å². The second kappa shape index (κ2) is 7.92. The number of carbonyl (C=O) groups excluding carboxylic acids is 1. The minimum atomic E-state index is -0.0559. The third kappa shape index (κ3) is 5.41. The number of amides is 1. The molecule has 0 saturated carbocycles. The second-order valence-electron chi connectivity index (χ2n) is 4.92. The summed E-state index contributed by atoms with van der Waals surface area (Å²) >= 11 is 0. The Balaban J connectivity index is 1.57. The van der Waals surface area contributed by atoms with E-state index in [9.17, 15) is 4.79 Å². The number of piperidine rings is 1. The molecule has 2 rings (SSSR count). The summed E-state index contributed by atoms with van der Waals surface area (Å²) in [4.78, 5) is 11.6. The SMILES string of the molecule is O=C(COCC1CCCCN1)NCc1ccccc1. The van der Waals surface area contributed by atoms with Crippen LogP contribution in [-0.2, 0) is 16.1 Å². The van der Waals surface area contributed by atoms with Gasteiger partial charge in [-0.25, -0.2) is 0 Å². The van der Waals surface area contributed by atoms with Gasteiger partial charge in [0.2, 0.25) is 5.91 Å². The highest BCUT2D eigenvalue weighted by molar-refractivity contribution is 5.77. The van der Waals surface area contributed by atoms with Crippen LogP contribution in [0.5, 0.6) is 0 Å². The predicted octanol–water partition coefficient (Wildman–Crippen LogP) is 1.46. The molecule has 0 aliphatic carbocycles. The monoisotopic (exact) mass is 262 g/mol. The molecule has 1 fully saturated rings. The van der Waals surface area contributed by atoms with E-state index in [-0.39, 0.29) is 12.5 Å². The van der Waals surface area contributed by atoms with Crippen LogP contribution in [0.2, 0.25) is 0 Å². The summed E-state index contributed by atoms with van der Waals surface area (Å²) in [6.07, 6.45) is 3.64. The minimum Gasteiger partial charge on any atom is -0.370 e. The Morgan fingerprint density at radius 3 is 2.89 bits per heavy atom. The Bertz CT molecular complexity index is 375. The number of benzene rings is 1. The van der Waals surface area contributed by atoms with E-state index in [1.54, 1.807) is 0 Å². The van der Waals surface area contributed by atoms with E-state index in [4.69, 9.17) is 4.74 Å². The van der Waals surface area contributed by atoms with E-state index in [0.717, 1.165) is 18.5 Å². The van der Waals surface area contributed by atoms with Crippen LogP contribution in [0.25, 0.3) is 0 Å². The molecule has 19 heavy (non-hydrogen) atoms. The minimum absolute atomic E-state index is 0.0559. The van der Waals surface area contributed by atoms with Crippen LogP contribution in [-0.4, -0.2) is 31.7 Å². The fourth-order valence-electron chi connectivity index (χ4n) is 2.21. The highest BCUT2D eigenvalue weighted by Gasteiger charge is 2.12. The van der Waals surface area contributed by atoms with Crippen molar-refractivity contribution in [1.29, 1.82) is 0 Å². The lowest BCUT2D eigenvalue weighted by Gasteiger charge is -2.22. The van der Waals surface area contributed by atoms with E-state index in [2.05, 4.69) is 10.6 Å². The highest BCUT2D eigenvalue weighted by atomic mass is 16.5. The third-order valence-corrected chi connectivity index (χ3v) is 3.30. The van der Waals surface area contributed by atoms with Crippen molar-refractivity contribution in [2.75, 3.05) is 19.8 Å². The van der Waals surface area contributed by atoms with Crippen molar-refractivity contribution in [1.82, 2.24) is 10.6 Å². The largest absolute Gasteiger partial charge is 0.370 e. The van der Waals surface area contributed by atoms with Crippen LogP contribution < -0.4 is 10.6 Å². The van der Waals surface area contributed by atoms with Gasteiger partial charge in [-0.3, -0.25) is 4.79 Å². The molecule has 1 aliphatic heterocycles. The third-order valence-electron chi connectivity index (χ3n) is 3.30. The number of carbonyl (C=O) groups is 1. The molecule has 0 bridgehead atoms. The lowest BCUT2D eigenvalue weighted by Crippen LogP contribution is -2.38. The predicted molar refractivity (Wildman–Crippen MR) is 74.7 cm³/mol. The summed E-state index contributed by atoms with van der Waals surface area (Å²) in [5, 5.41) is 6.25. The molecule has 1 unspecified atom stereocenters. The molecule has 1 saturated heterocycles. The summed E-state index contributed by atoms with van der Waals surface area (Å²) in [6.45, 7) is 2.39. The van der Waals surface area contributed by atoms with Gasteiger partial charge in [-0.05, 0) is 24.9 Å². The summed E-state index contributed by atoms with van der Waals surface area (Å²) in [5.41, 5.74) is 1.10. The van der Waals surface area contributed by atoms with Crippen LogP contribution in [0, 0.1) is 0 Å². The maximum atomic E-state index is 11.6. The molecule has 2 N–H and O–H groups in total. The van der Waals surface area contributed by atoms with E-state index in [0.29, 0.717) is 19.2 Å². The molecule has 0 spiro atoms. The fourth-order valence-corrected chi connectivity index (χ4v) is 2.21. The van der Waals surface area contributed by atoms with Crippen LogP contribution in [0.1, 0.15) is 24.8 Å². The molecule has 1 heterocycles. The average Bonchev–Trinajstić information content (AvgIpc) is 2.47. The van der Waals surface area contributed by atoms with Crippen molar-refractivity contribution >= 4 is 5.91 Å². The van der Waals surface area contributed by atoms with Crippen LogP contribution in [0.4, 0.5) is 0 Å². The van der Waals surface area contributed by atoms with E-state index < -0.39 is 0 Å². The zero-order valence-electron chi connectivity index (χ0n) is 11.2. The number of hydrogen-bond donors (Lipinski definition) is 2. The summed E-state index contributed by atoms with van der Waals surface area (Å²) in [5.74, 6) is -0.0559. The smallest absolute Gasteiger partial charge is 0.246 e. The molecule has 1 aromatic carbocycles. The van der Waals surface area contributed by atoms with Crippen molar-refractivity contribution in [3.63, 3.8) is 0 Å². The van der Waals surface area contributed by atoms with Gasteiger partial charge in [-0.2, -0.15) is 0 Å². The molecular formula is C15H22N2O2. The summed E-state index contributed by atoms with van der Waals surface area (Å²) in [7, 11) is 0. The van der Waals surface area contributed by atoms with Gasteiger partial charge in [0.05, 0.1) is 6.61 Å². The fraction of sp³-hybridized carbons (Fsp3) is 0.533. The molecule has 0 radical (unpaired) electrons. The van der Waals surface area contributed by atoms with Gasteiger partial charge < -0.3 is 15.4 Å². The molecule has 1 aliphatic rings. The zero-order chi connectivity index (χ0) is 13.3. The van der Waals surface area contributed by atoms with Gasteiger partial charge in [0, 0.05) is 12.6 Å². The van der Waals surface area contributed by atoms with E-state index in [1.807, 2.05) is 30.3 Å². The Hall–Kier alpha value is -1.39. The first-order valence-corrected chi connectivity index (χ1v) is 6.96. The van der Waals surface area contributed by atoms with Gasteiger partial charge in [0.15, 0.2) is 0 Å². The maximum absolute atomic E-state index is 11.6. The Morgan fingerprint density at radius 2 is 2.16 bits per heavy atom. The molecule has 1 aromatic rings.